The lowest BCUT2D eigenvalue weighted by Crippen LogP contribution is -2.45. The predicted molar refractivity (Wildman–Crippen MR) is 102 cm³/mol. The Kier molecular flexibility index (Phi) is 6.19. The number of carbonyl (C=O) groups excluding carboxylic acids is 1. The highest BCUT2D eigenvalue weighted by atomic mass is 16.5. The molecule has 3 heteroatoms. The van der Waals surface area contributed by atoms with E-state index in [1.54, 1.807) is 0 Å². The van der Waals surface area contributed by atoms with Crippen LogP contribution in [0.3, 0.4) is 0 Å². The lowest BCUT2D eigenvalue weighted by Gasteiger charge is -2.42. The van der Waals surface area contributed by atoms with Gasteiger partial charge < -0.3 is 9.84 Å². The Hall–Kier alpha value is -1.09. The highest BCUT2D eigenvalue weighted by Gasteiger charge is 2.55. The van der Waals surface area contributed by atoms with Crippen molar-refractivity contribution in [3.05, 3.63) is 23.3 Å². The van der Waals surface area contributed by atoms with Gasteiger partial charge in [-0.1, -0.05) is 38.5 Å². The highest BCUT2D eigenvalue weighted by Crippen LogP contribution is 2.56. The first-order valence-corrected chi connectivity index (χ1v) is 9.80. The number of hydrogen-bond donors (Lipinski definition) is 1. The number of allylic oxidation sites excluding steroid dienone is 3. The van der Waals surface area contributed by atoms with Gasteiger partial charge in [0.15, 0.2) is 0 Å². The summed E-state index contributed by atoms with van der Waals surface area (Å²) in [7, 11) is 0. The van der Waals surface area contributed by atoms with E-state index in [1.807, 2.05) is 0 Å². The zero-order valence-electron chi connectivity index (χ0n) is 16.9. The highest BCUT2D eigenvalue weighted by molar-refractivity contribution is 5.66. The molecule has 0 radical (unpaired) electrons. The van der Waals surface area contributed by atoms with Crippen molar-refractivity contribution in [1.29, 1.82) is 0 Å². The molecular weight excluding hydrogens is 312 g/mol. The van der Waals surface area contributed by atoms with Gasteiger partial charge in [-0.2, -0.15) is 0 Å². The Bertz CT molecular complexity index is 560. The van der Waals surface area contributed by atoms with Gasteiger partial charge in [0.25, 0.3) is 0 Å². The van der Waals surface area contributed by atoms with Crippen molar-refractivity contribution >= 4 is 5.97 Å². The van der Waals surface area contributed by atoms with Gasteiger partial charge in [-0.15, -0.1) is 0 Å². The van der Waals surface area contributed by atoms with Crippen molar-refractivity contribution in [2.24, 2.45) is 17.3 Å². The van der Waals surface area contributed by atoms with E-state index in [2.05, 4.69) is 46.8 Å². The first-order chi connectivity index (χ1) is 11.6. The van der Waals surface area contributed by atoms with Crippen LogP contribution in [0.1, 0.15) is 80.1 Å². The molecule has 4 atom stereocenters. The van der Waals surface area contributed by atoms with Gasteiger partial charge in [-0.3, -0.25) is 4.79 Å². The summed E-state index contributed by atoms with van der Waals surface area (Å²) in [5.41, 5.74) is 1.88. The van der Waals surface area contributed by atoms with Crippen LogP contribution in [0.25, 0.3) is 0 Å². The second-order valence-electron chi connectivity index (χ2n) is 8.93. The molecule has 0 aromatic carbocycles. The van der Waals surface area contributed by atoms with Gasteiger partial charge in [-0.25, -0.2) is 0 Å². The van der Waals surface area contributed by atoms with E-state index >= 15 is 0 Å². The van der Waals surface area contributed by atoms with E-state index in [4.69, 9.17) is 4.74 Å². The standard InChI is InChI=1S/C22H36O3/c1-15(2)22(24)13-12-21(6)11-10-16(3)8-7-9-17(4)19(14-20(21)22)25-18(5)23/h9-10,15,19-20,24H,7-8,11-14H2,1-6H3/b16-10+,17-9-/t19-,20-,21+,22-/m1/s1. The van der Waals surface area contributed by atoms with E-state index in [0.717, 1.165) is 37.7 Å². The molecular formula is C22H36O3. The Morgan fingerprint density at radius 2 is 1.96 bits per heavy atom. The lowest BCUT2D eigenvalue weighted by atomic mass is 9.67. The van der Waals surface area contributed by atoms with Crippen LogP contribution >= 0.6 is 0 Å². The molecule has 142 valence electrons. The minimum atomic E-state index is -0.691. The molecule has 0 amide bonds. The number of hydrogen-bond acceptors (Lipinski definition) is 3. The third kappa shape index (κ3) is 4.36. The zero-order chi connectivity index (χ0) is 18.8. The minimum absolute atomic E-state index is 0.0449. The molecule has 0 saturated heterocycles. The lowest BCUT2D eigenvalue weighted by molar-refractivity contribution is -0.148. The van der Waals surface area contributed by atoms with Gasteiger partial charge in [0, 0.05) is 6.92 Å². The number of esters is 1. The van der Waals surface area contributed by atoms with Crippen molar-refractivity contribution in [3.63, 3.8) is 0 Å². The SMILES string of the molecule is CC(=O)O[C@@H]1C[C@@H]2[C@@](C)(C/C=C(\C)CC/C=C\1C)CC[C@@]2(O)C(C)C. The average molecular weight is 349 g/mol. The van der Waals surface area contributed by atoms with Crippen molar-refractivity contribution in [3.8, 4) is 0 Å². The van der Waals surface area contributed by atoms with Crippen LogP contribution in [0.2, 0.25) is 0 Å². The fraction of sp³-hybridized carbons (Fsp3) is 0.773. The van der Waals surface area contributed by atoms with E-state index in [-0.39, 0.29) is 29.3 Å². The quantitative estimate of drug-likeness (QED) is 0.552. The molecule has 0 aromatic rings. The molecule has 0 heterocycles. The van der Waals surface area contributed by atoms with Crippen LogP contribution in [-0.4, -0.2) is 22.8 Å². The maximum Gasteiger partial charge on any atom is 0.303 e. The van der Waals surface area contributed by atoms with Crippen LogP contribution in [0.15, 0.2) is 23.3 Å². The Balaban J connectivity index is 2.45. The van der Waals surface area contributed by atoms with Crippen molar-refractivity contribution in [1.82, 2.24) is 0 Å². The Morgan fingerprint density at radius 1 is 1.28 bits per heavy atom. The number of fused-ring (bicyclic) bond motifs is 1. The Labute approximate surface area is 153 Å². The molecule has 2 rings (SSSR count). The van der Waals surface area contributed by atoms with E-state index in [9.17, 15) is 9.90 Å². The smallest absolute Gasteiger partial charge is 0.303 e. The molecule has 0 unspecified atom stereocenters. The molecule has 2 aliphatic carbocycles. The van der Waals surface area contributed by atoms with Crippen LogP contribution in [0, 0.1) is 17.3 Å². The Morgan fingerprint density at radius 3 is 2.56 bits per heavy atom. The monoisotopic (exact) mass is 348 g/mol. The summed E-state index contributed by atoms with van der Waals surface area (Å²) in [6.07, 6.45) is 9.90. The molecule has 0 aromatic heterocycles. The van der Waals surface area contributed by atoms with Crippen LogP contribution in [0.5, 0.6) is 0 Å². The summed E-state index contributed by atoms with van der Waals surface area (Å²) in [5.74, 6) is 0.0707. The van der Waals surface area contributed by atoms with E-state index < -0.39 is 5.60 Å². The average Bonchev–Trinajstić information content (AvgIpc) is 2.77. The number of ether oxygens (including phenoxy) is 1. The number of aliphatic hydroxyl groups is 1. The van der Waals surface area contributed by atoms with Crippen LogP contribution < -0.4 is 0 Å². The topological polar surface area (TPSA) is 46.5 Å². The fourth-order valence-electron chi connectivity index (χ4n) is 4.77. The molecule has 2 aliphatic rings. The van der Waals surface area contributed by atoms with Gasteiger partial charge >= 0.3 is 5.97 Å². The summed E-state index contributed by atoms with van der Waals surface area (Å²) < 4.78 is 5.69. The van der Waals surface area contributed by atoms with E-state index in [0.29, 0.717) is 6.42 Å². The minimum Gasteiger partial charge on any atom is -0.458 e. The zero-order valence-corrected chi connectivity index (χ0v) is 16.9. The summed E-state index contributed by atoms with van der Waals surface area (Å²) >= 11 is 0. The number of rotatable bonds is 2. The molecule has 0 bridgehead atoms. The molecule has 1 N–H and O–H groups in total. The molecule has 25 heavy (non-hydrogen) atoms. The second kappa shape index (κ2) is 7.65. The number of carbonyl (C=O) groups is 1. The summed E-state index contributed by atoms with van der Waals surface area (Å²) in [5, 5.41) is 11.5. The second-order valence-corrected chi connectivity index (χ2v) is 8.93. The molecule has 3 nitrogen and oxygen atoms in total. The van der Waals surface area contributed by atoms with Crippen molar-refractivity contribution < 1.29 is 14.6 Å². The van der Waals surface area contributed by atoms with Crippen LogP contribution in [0.4, 0.5) is 0 Å². The summed E-state index contributed by atoms with van der Waals surface area (Å²) in [4.78, 5) is 11.7. The third-order valence-corrected chi connectivity index (χ3v) is 6.73. The predicted octanol–water partition coefficient (Wildman–Crippen LogP) is 5.19. The maximum absolute atomic E-state index is 11.7. The van der Waals surface area contributed by atoms with Crippen LogP contribution in [-0.2, 0) is 9.53 Å². The summed E-state index contributed by atoms with van der Waals surface area (Å²) in [6.45, 7) is 12.3. The molecule has 1 saturated carbocycles. The first kappa shape index (κ1) is 20.2. The molecule has 1 fully saturated rings. The molecule has 0 aliphatic heterocycles. The maximum atomic E-state index is 11.7. The van der Waals surface area contributed by atoms with Gasteiger partial charge in [0.05, 0.1) is 5.60 Å². The fourth-order valence-corrected chi connectivity index (χ4v) is 4.77. The normalized spacial score (nSPS) is 41.1. The third-order valence-electron chi connectivity index (χ3n) is 6.73. The van der Waals surface area contributed by atoms with Gasteiger partial charge in [0.2, 0.25) is 0 Å². The van der Waals surface area contributed by atoms with Crippen molar-refractivity contribution in [2.75, 3.05) is 0 Å². The molecule has 0 spiro atoms. The van der Waals surface area contributed by atoms with Gasteiger partial charge in [0.1, 0.15) is 6.10 Å². The largest absolute Gasteiger partial charge is 0.458 e. The van der Waals surface area contributed by atoms with Gasteiger partial charge in [-0.05, 0) is 75.2 Å². The van der Waals surface area contributed by atoms with Crippen molar-refractivity contribution in [2.45, 2.75) is 91.8 Å². The first-order valence-electron chi connectivity index (χ1n) is 9.80. The van der Waals surface area contributed by atoms with E-state index in [1.165, 1.54) is 12.5 Å². The summed E-state index contributed by atoms with van der Waals surface area (Å²) in [6, 6.07) is 0.